The number of benzene rings is 2. The summed E-state index contributed by atoms with van der Waals surface area (Å²) in [5.41, 5.74) is 1.25. The van der Waals surface area contributed by atoms with Crippen molar-refractivity contribution in [2.24, 2.45) is 0 Å². The third-order valence-electron chi connectivity index (χ3n) is 4.83. The topological polar surface area (TPSA) is 78.8 Å². The molecule has 0 aliphatic heterocycles. The number of nitrogens with one attached hydrogen (secondary N) is 1. The molecular formula is C27H33BrN2O5. The Morgan fingerprint density at radius 3 is 2.23 bits per heavy atom. The number of alkyl carbamates (subject to hydrolysis) is 1. The van der Waals surface area contributed by atoms with Crippen LogP contribution in [0, 0.1) is 0 Å². The third kappa shape index (κ3) is 7.49. The summed E-state index contributed by atoms with van der Waals surface area (Å²) in [7, 11) is 0. The molecule has 1 heterocycles. The van der Waals surface area contributed by atoms with E-state index in [9.17, 15) is 9.59 Å². The molecular weight excluding hydrogens is 512 g/mol. The average molecular weight is 545 g/mol. The first-order valence-electron chi connectivity index (χ1n) is 11.5. The van der Waals surface area contributed by atoms with E-state index in [2.05, 4.69) is 21.2 Å². The van der Waals surface area contributed by atoms with Gasteiger partial charge in [0.1, 0.15) is 23.3 Å². The highest BCUT2D eigenvalue weighted by molar-refractivity contribution is 9.10. The Morgan fingerprint density at radius 2 is 1.60 bits per heavy atom. The van der Waals surface area contributed by atoms with Crippen LogP contribution in [0.25, 0.3) is 10.9 Å². The SMILES string of the molecule is CC(C)(C)OC(=O)NCCc1cn(C(=O)OC(C)(C)C)c2c(OCc3ccccc3)c(Br)ccc12. The normalized spacial score (nSPS) is 11.9. The summed E-state index contributed by atoms with van der Waals surface area (Å²) < 4.78 is 19.4. The van der Waals surface area contributed by atoms with E-state index in [0.29, 0.717) is 30.8 Å². The number of carbonyl (C=O) groups excluding carboxylic acids is 2. The van der Waals surface area contributed by atoms with Crippen LogP contribution in [-0.2, 0) is 22.5 Å². The van der Waals surface area contributed by atoms with E-state index in [1.54, 1.807) is 6.20 Å². The molecule has 0 unspecified atom stereocenters. The minimum atomic E-state index is -0.664. The van der Waals surface area contributed by atoms with E-state index in [1.165, 1.54) is 4.57 Å². The van der Waals surface area contributed by atoms with Crippen LogP contribution in [0.4, 0.5) is 9.59 Å². The average Bonchev–Trinajstić information content (AvgIpc) is 3.10. The number of aromatic nitrogens is 1. The number of ether oxygens (including phenoxy) is 3. The second kappa shape index (κ2) is 10.7. The second-order valence-corrected chi connectivity index (χ2v) is 11.1. The van der Waals surface area contributed by atoms with Gasteiger partial charge in [0, 0.05) is 18.1 Å². The zero-order valence-electron chi connectivity index (χ0n) is 21.1. The summed E-state index contributed by atoms with van der Waals surface area (Å²) in [5.74, 6) is 0.545. The van der Waals surface area contributed by atoms with E-state index < -0.39 is 23.4 Å². The number of rotatable bonds is 6. The van der Waals surface area contributed by atoms with Crippen molar-refractivity contribution < 1.29 is 23.8 Å². The molecule has 0 fully saturated rings. The van der Waals surface area contributed by atoms with Crippen molar-refractivity contribution in [1.29, 1.82) is 0 Å². The summed E-state index contributed by atoms with van der Waals surface area (Å²) in [5, 5.41) is 3.62. The van der Waals surface area contributed by atoms with Crippen LogP contribution in [0.1, 0.15) is 52.7 Å². The molecule has 0 saturated carbocycles. The quantitative estimate of drug-likeness (QED) is 0.367. The van der Waals surface area contributed by atoms with Gasteiger partial charge in [-0.05, 0) is 81.1 Å². The molecule has 8 heteroatoms. The van der Waals surface area contributed by atoms with E-state index in [-0.39, 0.29) is 0 Å². The Hall–Kier alpha value is -3.00. The number of fused-ring (bicyclic) bond motifs is 1. The molecule has 0 bridgehead atoms. The van der Waals surface area contributed by atoms with Gasteiger partial charge in [0.25, 0.3) is 0 Å². The van der Waals surface area contributed by atoms with Gasteiger partial charge in [-0.3, -0.25) is 0 Å². The Balaban J connectivity index is 1.94. The summed E-state index contributed by atoms with van der Waals surface area (Å²) in [6.07, 6.45) is 1.25. The molecule has 0 saturated heterocycles. The van der Waals surface area contributed by atoms with Crippen molar-refractivity contribution in [3.05, 3.63) is 64.3 Å². The van der Waals surface area contributed by atoms with Gasteiger partial charge in [0.15, 0.2) is 5.75 Å². The number of halogens is 1. The fourth-order valence-electron chi connectivity index (χ4n) is 3.47. The van der Waals surface area contributed by atoms with Crippen LogP contribution in [-0.4, -0.2) is 34.5 Å². The fourth-order valence-corrected chi connectivity index (χ4v) is 3.90. The van der Waals surface area contributed by atoms with E-state index in [0.717, 1.165) is 21.0 Å². The smallest absolute Gasteiger partial charge is 0.419 e. The molecule has 0 aliphatic rings. The van der Waals surface area contributed by atoms with Gasteiger partial charge >= 0.3 is 12.2 Å². The predicted octanol–water partition coefficient (Wildman–Crippen LogP) is 6.83. The maximum Gasteiger partial charge on any atom is 0.419 e. The largest absolute Gasteiger partial charge is 0.485 e. The van der Waals surface area contributed by atoms with Crippen molar-refractivity contribution in [1.82, 2.24) is 9.88 Å². The summed E-state index contributed by atoms with van der Waals surface area (Å²) >= 11 is 3.58. The predicted molar refractivity (Wildman–Crippen MR) is 140 cm³/mol. The highest BCUT2D eigenvalue weighted by atomic mass is 79.9. The van der Waals surface area contributed by atoms with Crippen LogP contribution in [0.5, 0.6) is 5.75 Å². The summed E-state index contributed by atoms with van der Waals surface area (Å²) in [4.78, 5) is 25.2. The molecule has 0 radical (unpaired) electrons. The van der Waals surface area contributed by atoms with Crippen molar-refractivity contribution in [2.75, 3.05) is 6.54 Å². The molecule has 2 aromatic carbocycles. The van der Waals surface area contributed by atoms with E-state index in [1.807, 2.05) is 84.0 Å². The minimum absolute atomic E-state index is 0.341. The Morgan fingerprint density at radius 1 is 0.943 bits per heavy atom. The lowest BCUT2D eigenvalue weighted by Gasteiger charge is -2.20. The molecule has 7 nitrogen and oxygen atoms in total. The van der Waals surface area contributed by atoms with Crippen LogP contribution >= 0.6 is 15.9 Å². The molecule has 0 aliphatic carbocycles. The number of nitrogens with zero attached hydrogens (tertiary/aromatic N) is 1. The lowest BCUT2D eigenvalue weighted by atomic mass is 10.1. The van der Waals surface area contributed by atoms with Gasteiger partial charge in [-0.25, -0.2) is 14.2 Å². The van der Waals surface area contributed by atoms with Crippen molar-refractivity contribution in [2.45, 2.75) is 65.8 Å². The van der Waals surface area contributed by atoms with Crippen molar-refractivity contribution in [3.8, 4) is 5.75 Å². The third-order valence-corrected chi connectivity index (χ3v) is 5.46. The number of amides is 1. The van der Waals surface area contributed by atoms with Gasteiger partial charge in [0.2, 0.25) is 0 Å². The van der Waals surface area contributed by atoms with Crippen LogP contribution in [0.2, 0.25) is 0 Å². The summed E-state index contributed by atoms with van der Waals surface area (Å²) in [6, 6.07) is 13.6. The van der Waals surface area contributed by atoms with E-state index in [4.69, 9.17) is 14.2 Å². The highest BCUT2D eigenvalue weighted by Gasteiger charge is 2.24. The molecule has 188 valence electrons. The molecule has 1 amide bonds. The molecule has 35 heavy (non-hydrogen) atoms. The lowest BCUT2D eigenvalue weighted by Crippen LogP contribution is -2.33. The zero-order valence-corrected chi connectivity index (χ0v) is 22.7. The molecule has 0 spiro atoms. The van der Waals surface area contributed by atoms with Crippen LogP contribution in [0.3, 0.4) is 0 Å². The molecule has 1 aromatic heterocycles. The monoisotopic (exact) mass is 544 g/mol. The van der Waals surface area contributed by atoms with Crippen LogP contribution < -0.4 is 10.1 Å². The second-order valence-electron chi connectivity index (χ2n) is 10.2. The van der Waals surface area contributed by atoms with Crippen molar-refractivity contribution >= 4 is 39.0 Å². The van der Waals surface area contributed by atoms with Crippen molar-refractivity contribution in [3.63, 3.8) is 0 Å². The molecule has 0 atom stereocenters. The molecule has 3 rings (SSSR count). The van der Waals surface area contributed by atoms with E-state index >= 15 is 0 Å². The van der Waals surface area contributed by atoms with Crippen LogP contribution in [0.15, 0.2) is 53.1 Å². The van der Waals surface area contributed by atoms with Gasteiger partial charge in [-0.1, -0.05) is 36.4 Å². The minimum Gasteiger partial charge on any atom is -0.485 e. The zero-order chi connectivity index (χ0) is 25.8. The van der Waals surface area contributed by atoms with Gasteiger partial charge < -0.3 is 19.5 Å². The number of hydrogen-bond donors (Lipinski definition) is 1. The Kier molecular flexibility index (Phi) is 8.15. The van der Waals surface area contributed by atoms with Gasteiger partial charge in [0.05, 0.1) is 4.47 Å². The highest BCUT2D eigenvalue weighted by Crippen LogP contribution is 2.37. The molecule has 1 N–H and O–H groups in total. The Labute approximate surface area is 214 Å². The first-order valence-corrected chi connectivity index (χ1v) is 12.3. The van der Waals surface area contributed by atoms with Gasteiger partial charge in [-0.2, -0.15) is 0 Å². The standard InChI is InChI=1S/C27H33BrN2O5/c1-26(2,3)34-24(31)29-15-14-19-16-30(25(32)35-27(4,5)6)22-20(19)12-13-21(28)23(22)33-17-18-10-8-7-9-11-18/h7-13,16H,14-15,17H2,1-6H3,(H,29,31). The number of carbonyl (C=O) groups is 2. The number of hydrogen-bond acceptors (Lipinski definition) is 5. The maximum absolute atomic E-state index is 13.1. The van der Waals surface area contributed by atoms with Gasteiger partial charge in [-0.15, -0.1) is 0 Å². The lowest BCUT2D eigenvalue weighted by molar-refractivity contribution is 0.0520. The fraction of sp³-hybridized carbons (Fsp3) is 0.407. The maximum atomic E-state index is 13.1. The first kappa shape index (κ1) is 26.6. The summed E-state index contributed by atoms with van der Waals surface area (Å²) in [6.45, 7) is 11.6. The molecule has 3 aromatic rings. The Bertz CT molecular complexity index is 1190. The first-order chi connectivity index (χ1) is 16.3.